The molecule has 6 heteroatoms. The number of hydrogen-bond donors (Lipinski definition) is 1. The molecular formula is C21H25NO5. The fourth-order valence-electron chi connectivity index (χ4n) is 2.54. The molecule has 0 aliphatic carbocycles. The maximum Gasteiger partial charge on any atom is 0.233 e. The van der Waals surface area contributed by atoms with E-state index in [1.54, 1.807) is 55.6 Å². The molecule has 0 aliphatic heterocycles. The van der Waals surface area contributed by atoms with Crippen molar-refractivity contribution in [3.05, 3.63) is 59.7 Å². The largest absolute Gasteiger partial charge is 0.497 e. The third kappa shape index (κ3) is 6.51. The number of methoxy groups -OCH3 is 1. The molecule has 0 bridgehead atoms. The van der Waals surface area contributed by atoms with Crippen molar-refractivity contribution in [2.75, 3.05) is 20.3 Å². The Labute approximate surface area is 159 Å². The van der Waals surface area contributed by atoms with Gasteiger partial charge in [0.2, 0.25) is 11.6 Å². The van der Waals surface area contributed by atoms with Crippen molar-refractivity contribution in [3.63, 3.8) is 0 Å². The summed E-state index contributed by atoms with van der Waals surface area (Å²) in [5, 5.41) is 0. The third-order valence-electron chi connectivity index (χ3n) is 4.10. The van der Waals surface area contributed by atoms with Crippen molar-refractivity contribution in [2.24, 2.45) is 5.90 Å². The minimum absolute atomic E-state index is 0.334. The van der Waals surface area contributed by atoms with Gasteiger partial charge in [-0.1, -0.05) is 6.42 Å². The van der Waals surface area contributed by atoms with Crippen LogP contribution in [0.15, 0.2) is 48.5 Å². The Hall–Kier alpha value is -2.70. The molecule has 0 fully saturated rings. The molecule has 144 valence electrons. The van der Waals surface area contributed by atoms with Crippen LogP contribution in [0.2, 0.25) is 0 Å². The summed E-state index contributed by atoms with van der Waals surface area (Å²) in [7, 11) is 1.54. The van der Waals surface area contributed by atoms with Gasteiger partial charge in [-0.3, -0.25) is 9.59 Å². The molecule has 0 radical (unpaired) electrons. The van der Waals surface area contributed by atoms with E-state index >= 15 is 0 Å². The second kappa shape index (κ2) is 11.1. The molecule has 0 aromatic heterocycles. The molecule has 0 atom stereocenters. The Kier molecular flexibility index (Phi) is 8.48. The summed E-state index contributed by atoms with van der Waals surface area (Å²) >= 11 is 0. The first-order valence-electron chi connectivity index (χ1n) is 8.93. The number of carbonyl (C=O) groups excluding carboxylic acids is 2. The molecule has 0 heterocycles. The minimum Gasteiger partial charge on any atom is -0.497 e. The Morgan fingerprint density at radius 3 is 1.70 bits per heavy atom. The Balaban J connectivity index is 1.82. The lowest BCUT2D eigenvalue weighted by Crippen LogP contribution is -2.14. The third-order valence-corrected chi connectivity index (χ3v) is 4.10. The van der Waals surface area contributed by atoms with Gasteiger partial charge in [-0.25, -0.2) is 5.90 Å². The number of unbranched alkanes of at least 4 members (excludes halogenated alkanes) is 3. The summed E-state index contributed by atoms with van der Waals surface area (Å²) in [6.45, 7) is 1.17. The lowest BCUT2D eigenvalue weighted by Gasteiger charge is -2.07. The van der Waals surface area contributed by atoms with Gasteiger partial charge in [0.05, 0.1) is 20.3 Å². The molecule has 27 heavy (non-hydrogen) atoms. The van der Waals surface area contributed by atoms with E-state index in [4.69, 9.17) is 15.4 Å². The zero-order valence-electron chi connectivity index (χ0n) is 15.5. The summed E-state index contributed by atoms with van der Waals surface area (Å²) in [4.78, 5) is 29.2. The van der Waals surface area contributed by atoms with Crippen molar-refractivity contribution in [3.8, 4) is 11.5 Å². The van der Waals surface area contributed by atoms with Gasteiger partial charge >= 0.3 is 0 Å². The van der Waals surface area contributed by atoms with Crippen LogP contribution in [0.4, 0.5) is 0 Å². The average molecular weight is 371 g/mol. The zero-order valence-corrected chi connectivity index (χ0v) is 15.5. The standard InChI is InChI=1S/C21H25NO5/c1-25-18-10-6-16(7-11-18)20(23)21(24)17-8-12-19(13-9-17)26-14-4-2-3-5-15-27-22/h6-13H,2-5,14-15,22H2,1H3. The monoisotopic (exact) mass is 371 g/mol. The van der Waals surface area contributed by atoms with Gasteiger partial charge in [-0.15, -0.1) is 0 Å². The molecule has 2 rings (SSSR count). The molecule has 0 aliphatic rings. The molecule has 0 spiro atoms. The second-order valence-corrected chi connectivity index (χ2v) is 6.04. The number of rotatable bonds is 12. The topological polar surface area (TPSA) is 87.9 Å². The van der Waals surface area contributed by atoms with Crippen molar-refractivity contribution >= 4 is 11.6 Å². The van der Waals surface area contributed by atoms with Crippen molar-refractivity contribution in [1.29, 1.82) is 0 Å². The van der Waals surface area contributed by atoms with Crippen LogP contribution < -0.4 is 15.4 Å². The molecule has 2 N–H and O–H groups in total. The van der Waals surface area contributed by atoms with Crippen LogP contribution in [0.1, 0.15) is 46.4 Å². The number of nitrogens with two attached hydrogens (primary N) is 1. The molecule has 0 unspecified atom stereocenters. The first-order valence-corrected chi connectivity index (χ1v) is 8.93. The maximum absolute atomic E-state index is 12.4. The van der Waals surface area contributed by atoms with E-state index in [0.717, 1.165) is 25.7 Å². The highest BCUT2D eigenvalue weighted by Gasteiger charge is 2.18. The molecule has 0 saturated heterocycles. The van der Waals surface area contributed by atoms with Gasteiger partial charge in [0, 0.05) is 11.1 Å². The molecular weight excluding hydrogens is 346 g/mol. The summed E-state index contributed by atoms with van der Waals surface area (Å²) in [5.41, 5.74) is 0.672. The normalized spacial score (nSPS) is 10.4. The van der Waals surface area contributed by atoms with Gasteiger partial charge in [-0.05, 0) is 67.8 Å². The molecule has 0 amide bonds. The van der Waals surface area contributed by atoms with Crippen molar-refractivity contribution < 1.29 is 23.9 Å². The molecule has 0 saturated carbocycles. The summed E-state index contributed by atoms with van der Waals surface area (Å²) < 4.78 is 10.7. The SMILES string of the molecule is COc1ccc(C(=O)C(=O)c2ccc(OCCCCCCON)cc2)cc1. The first-order chi connectivity index (χ1) is 13.2. The van der Waals surface area contributed by atoms with Gasteiger partial charge in [-0.2, -0.15) is 0 Å². The summed E-state index contributed by atoms with van der Waals surface area (Å²) in [6.07, 6.45) is 3.95. The lowest BCUT2D eigenvalue weighted by molar-refractivity contribution is 0.0817. The number of ether oxygens (including phenoxy) is 2. The predicted octanol–water partition coefficient (Wildman–Crippen LogP) is 3.59. The second-order valence-electron chi connectivity index (χ2n) is 6.04. The number of carbonyl (C=O) groups is 2. The first kappa shape index (κ1) is 20.6. The van der Waals surface area contributed by atoms with E-state index in [1.807, 2.05) is 0 Å². The van der Waals surface area contributed by atoms with Crippen LogP contribution in [0.5, 0.6) is 11.5 Å². The van der Waals surface area contributed by atoms with Crippen LogP contribution in [0.25, 0.3) is 0 Å². The predicted molar refractivity (Wildman–Crippen MR) is 102 cm³/mol. The molecule has 2 aromatic rings. The van der Waals surface area contributed by atoms with Gasteiger partial charge < -0.3 is 14.3 Å². The average Bonchev–Trinajstić information content (AvgIpc) is 2.72. The van der Waals surface area contributed by atoms with Crippen LogP contribution >= 0.6 is 0 Å². The highest BCUT2D eigenvalue weighted by Crippen LogP contribution is 2.17. The summed E-state index contributed by atoms with van der Waals surface area (Å²) in [5.74, 6) is 5.18. The van der Waals surface area contributed by atoms with E-state index in [0.29, 0.717) is 35.8 Å². The quantitative estimate of drug-likeness (QED) is 0.265. The number of Topliss-reactive ketones (excluding diaryl/α,β-unsaturated/α-hetero) is 2. The van der Waals surface area contributed by atoms with Crippen LogP contribution in [0, 0.1) is 0 Å². The highest BCUT2D eigenvalue weighted by atomic mass is 16.6. The number of ketones is 2. The highest BCUT2D eigenvalue weighted by molar-refractivity contribution is 6.49. The molecule has 2 aromatic carbocycles. The van der Waals surface area contributed by atoms with Crippen molar-refractivity contribution in [1.82, 2.24) is 0 Å². The Bertz CT molecular complexity index is 725. The van der Waals surface area contributed by atoms with E-state index in [1.165, 1.54) is 0 Å². The maximum atomic E-state index is 12.4. The lowest BCUT2D eigenvalue weighted by atomic mass is 10.0. The zero-order chi connectivity index (χ0) is 19.5. The number of hydrogen-bond acceptors (Lipinski definition) is 6. The summed E-state index contributed by atoms with van der Waals surface area (Å²) in [6, 6.07) is 13.1. The Morgan fingerprint density at radius 1 is 0.741 bits per heavy atom. The van der Waals surface area contributed by atoms with Crippen LogP contribution in [-0.2, 0) is 4.84 Å². The van der Waals surface area contributed by atoms with Crippen LogP contribution in [-0.4, -0.2) is 31.9 Å². The van der Waals surface area contributed by atoms with E-state index in [-0.39, 0.29) is 0 Å². The van der Waals surface area contributed by atoms with E-state index in [9.17, 15) is 9.59 Å². The number of benzene rings is 2. The van der Waals surface area contributed by atoms with E-state index in [2.05, 4.69) is 4.84 Å². The van der Waals surface area contributed by atoms with Gasteiger partial charge in [0.15, 0.2) is 0 Å². The fraction of sp³-hybridized carbons (Fsp3) is 0.333. The van der Waals surface area contributed by atoms with Crippen LogP contribution in [0.3, 0.4) is 0 Å². The smallest absolute Gasteiger partial charge is 0.233 e. The van der Waals surface area contributed by atoms with Gasteiger partial charge in [0.1, 0.15) is 11.5 Å². The van der Waals surface area contributed by atoms with Gasteiger partial charge in [0.25, 0.3) is 0 Å². The van der Waals surface area contributed by atoms with E-state index < -0.39 is 11.6 Å². The van der Waals surface area contributed by atoms with Crippen molar-refractivity contribution in [2.45, 2.75) is 25.7 Å². The fourth-order valence-corrected chi connectivity index (χ4v) is 2.54. The Morgan fingerprint density at radius 2 is 1.22 bits per heavy atom. The molecule has 6 nitrogen and oxygen atoms in total. The minimum atomic E-state index is -0.548.